The molecule has 2 rings (SSSR count). The van der Waals surface area contributed by atoms with Gasteiger partial charge in [-0.2, -0.15) is 0 Å². The van der Waals surface area contributed by atoms with Gasteiger partial charge in [-0.1, -0.05) is 26.0 Å². The van der Waals surface area contributed by atoms with Gasteiger partial charge in [0.25, 0.3) is 0 Å². The number of carbonyl (C=O) groups is 1. The first kappa shape index (κ1) is 16.0. The van der Waals surface area contributed by atoms with Gasteiger partial charge >= 0.3 is 0 Å². The zero-order valence-corrected chi connectivity index (χ0v) is 13.0. The van der Waals surface area contributed by atoms with E-state index in [0.29, 0.717) is 17.5 Å². The zero-order valence-electron chi connectivity index (χ0n) is 13.0. The highest BCUT2D eigenvalue weighted by atomic mass is 16.5. The fourth-order valence-corrected chi connectivity index (χ4v) is 1.83. The van der Waals surface area contributed by atoms with Gasteiger partial charge in [-0.05, 0) is 36.6 Å². The van der Waals surface area contributed by atoms with Gasteiger partial charge in [0, 0.05) is 6.07 Å². The van der Waals surface area contributed by atoms with Crippen LogP contribution in [0.15, 0.2) is 42.6 Å². The minimum absolute atomic E-state index is 0.250. The number of pyridine rings is 1. The van der Waals surface area contributed by atoms with Crippen molar-refractivity contribution >= 4 is 11.6 Å². The summed E-state index contributed by atoms with van der Waals surface area (Å²) in [6, 6.07) is 10.8. The second-order valence-electron chi connectivity index (χ2n) is 5.49. The molecule has 22 heavy (non-hydrogen) atoms. The first-order valence-corrected chi connectivity index (χ1v) is 7.26. The molecule has 0 bridgehead atoms. The Morgan fingerprint density at radius 2 is 2.00 bits per heavy atom. The minimum Gasteiger partial charge on any atom is -0.439 e. The van der Waals surface area contributed by atoms with Gasteiger partial charge < -0.3 is 15.8 Å². The Bertz CT molecular complexity index is 637. The molecule has 1 aromatic carbocycles. The van der Waals surface area contributed by atoms with Crippen LogP contribution in [0.2, 0.25) is 0 Å². The topological polar surface area (TPSA) is 77.2 Å². The number of carbonyl (C=O) groups excluding carboxylic acids is 1. The van der Waals surface area contributed by atoms with Crippen LogP contribution in [0.4, 0.5) is 5.69 Å². The van der Waals surface area contributed by atoms with Crippen molar-refractivity contribution < 1.29 is 9.53 Å². The van der Waals surface area contributed by atoms with Crippen molar-refractivity contribution in [3.05, 3.63) is 48.2 Å². The molecule has 0 radical (unpaired) electrons. The molecule has 0 unspecified atom stereocenters. The zero-order chi connectivity index (χ0) is 16.1. The summed E-state index contributed by atoms with van der Waals surface area (Å²) in [4.78, 5) is 15.7. The van der Waals surface area contributed by atoms with Crippen molar-refractivity contribution in [3.8, 4) is 11.6 Å². The number of rotatable bonds is 5. The maximum absolute atomic E-state index is 11.5. The van der Waals surface area contributed by atoms with Gasteiger partial charge in [0.1, 0.15) is 5.75 Å². The molecule has 5 heteroatoms. The molecule has 0 saturated carbocycles. The van der Waals surface area contributed by atoms with E-state index in [1.807, 2.05) is 18.2 Å². The maximum atomic E-state index is 11.5. The Morgan fingerprint density at radius 3 is 2.59 bits per heavy atom. The van der Waals surface area contributed by atoms with Crippen LogP contribution >= 0.6 is 0 Å². The molecule has 1 heterocycles. The molecule has 1 aromatic heterocycles. The number of anilines is 1. The summed E-state index contributed by atoms with van der Waals surface area (Å²) in [5.74, 6) is 1.40. The standard InChI is InChI=1S/C17H21N3O2/c1-11(2)13-5-4-6-15(9-13)22-16-8-7-14(10-19-16)20-17(21)12(3)18/h4-12H,18H2,1-3H3,(H,20,21)/t12-/m1/s1. The van der Waals surface area contributed by atoms with Crippen molar-refractivity contribution in [3.63, 3.8) is 0 Å². The van der Waals surface area contributed by atoms with Crippen LogP contribution < -0.4 is 15.8 Å². The summed E-state index contributed by atoms with van der Waals surface area (Å²) < 4.78 is 5.73. The molecular formula is C17H21N3O2. The van der Waals surface area contributed by atoms with E-state index in [2.05, 4.69) is 30.2 Å². The molecule has 1 atom stereocenters. The molecule has 3 N–H and O–H groups in total. The molecule has 0 fully saturated rings. The fraction of sp³-hybridized carbons (Fsp3) is 0.294. The number of aromatic nitrogens is 1. The van der Waals surface area contributed by atoms with Gasteiger partial charge in [0.05, 0.1) is 17.9 Å². The molecule has 0 saturated heterocycles. The smallest absolute Gasteiger partial charge is 0.241 e. The Morgan fingerprint density at radius 1 is 1.23 bits per heavy atom. The van der Waals surface area contributed by atoms with E-state index < -0.39 is 6.04 Å². The lowest BCUT2D eigenvalue weighted by Crippen LogP contribution is -2.32. The molecule has 2 aromatic rings. The van der Waals surface area contributed by atoms with Crippen LogP contribution in [0.3, 0.4) is 0 Å². The average molecular weight is 299 g/mol. The third-order valence-electron chi connectivity index (χ3n) is 3.16. The van der Waals surface area contributed by atoms with E-state index in [1.54, 1.807) is 25.3 Å². The largest absolute Gasteiger partial charge is 0.439 e. The summed E-state index contributed by atoms with van der Waals surface area (Å²) >= 11 is 0. The van der Waals surface area contributed by atoms with Crippen molar-refractivity contribution in [1.29, 1.82) is 0 Å². The first-order chi connectivity index (χ1) is 10.5. The third-order valence-corrected chi connectivity index (χ3v) is 3.16. The highest BCUT2D eigenvalue weighted by Crippen LogP contribution is 2.24. The van der Waals surface area contributed by atoms with Crippen molar-refractivity contribution in [2.45, 2.75) is 32.7 Å². The molecule has 5 nitrogen and oxygen atoms in total. The van der Waals surface area contributed by atoms with Crippen molar-refractivity contribution in [1.82, 2.24) is 4.98 Å². The lowest BCUT2D eigenvalue weighted by atomic mass is 10.0. The van der Waals surface area contributed by atoms with Gasteiger partial charge in [0.15, 0.2) is 0 Å². The molecule has 116 valence electrons. The lowest BCUT2D eigenvalue weighted by Gasteiger charge is -2.10. The summed E-state index contributed by atoms with van der Waals surface area (Å²) in [5, 5.41) is 2.67. The van der Waals surface area contributed by atoms with E-state index in [1.165, 1.54) is 5.56 Å². The van der Waals surface area contributed by atoms with Crippen LogP contribution in [0.25, 0.3) is 0 Å². The fourth-order valence-electron chi connectivity index (χ4n) is 1.83. The maximum Gasteiger partial charge on any atom is 0.241 e. The van der Waals surface area contributed by atoms with Crippen molar-refractivity contribution in [2.75, 3.05) is 5.32 Å². The highest BCUT2D eigenvalue weighted by molar-refractivity contribution is 5.94. The molecule has 0 aliphatic heterocycles. The first-order valence-electron chi connectivity index (χ1n) is 7.26. The Balaban J connectivity index is 2.05. The monoisotopic (exact) mass is 299 g/mol. The second kappa shape index (κ2) is 7.04. The van der Waals surface area contributed by atoms with Crippen molar-refractivity contribution in [2.24, 2.45) is 5.73 Å². The lowest BCUT2D eigenvalue weighted by molar-refractivity contribution is -0.117. The summed E-state index contributed by atoms with van der Waals surface area (Å²) in [6.07, 6.45) is 1.54. The van der Waals surface area contributed by atoms with Crippen LogP contribution in [-0.2, 0) is 4.79 Å². The summed E-state index contributed by atoms with van der Waals surface area (Å²) in [7, 11) is 0. The minimum atomic E-state index is -0.560. The molecule has 0 aliphatic carbocycles. The van der Waals surface area contributed by atoms with E-state index in [9.17, 15) is 4.79 Å². The van der Waals surface area contributed by atoms with Gasteiger partial charge in [-0.15, -0.1) is 0 Å². The number of hydrogen-bond donors (Lipinski definition) is 2. The Labute approximate surface area is 130 Å². The second-order valence-corrected chi connectivity index (χ2v) is 5.49. The highest BCUT2D eigenvalue weighted by Gasteiger charge is 2.08. The van der Waals surface area contributed by atoms with Crippen LogP contribution in [0.5, 0.6) is 11.6 Å². The average Bonchev–Trinajstić information content (AvgIpc) is 2.49. The predicted molar refractivity (Wildman–Crippen MR) is 87.1 cm³/mol. The SMILES string of the molecule is CC(C)c1cccc(Oc2ccc(NC(=O)[C@@H](C)N)cn2)c1. The van der Waals surface area contributed by atoms with E-state index in [0.717, 1.165) is 5.75 Å². The predicted octanol–water partition coefficient (Wildman–Crippen LogP) is 3.28. The number of benzene rings is 1. The van der Waals surface area contributed by atoms with E-state index in [4.69, 9.17) is 10.5 Å². The molecule has 0 aliphatic rings. The number of nitrogens with zero attached hydrogens (tertiary/aromatic N) is 1. The molecule has 1 amide bonds. The van der Waals surface area contributed by atoms with Gasteiger partial charge in [0.2, 0.25) is 11.8 Å². The normalized spacial score (nSPS) is 12.0. The van der Waals surface area contributed by atoms with Gasteiger partial charge in [-0.3, -0.25) is 4.79 Å². The molecular weight excluding hydrogens is 278 g/mol. The molecule has 0 spiro atoms. The van der Waals surface area contributed by atoms with Crippen LogP contribution in [0.1, 0.15) is 32.3 Å². The third kappa shape index (κ3) is 4.30. The van der Waals surface area contributed by atoms with Gasteiger partial charge in [-0.25, -0.2) is 4.98 Å². The Hall–Kier alpha value is -2.40. The number of ether oxygens (including phenoxy) is 1. The van der Waals surface area contributed by atoms with Crippen LogP contribution in [0, 0.1) is 0 Å². The summed E-state index contributed by atoms with van der Waals surface area (Å²) in [6.45, 7) is 5.89. The number of amides is 1. The quantitative estimate of drug-likeness (QED) is 0.888. The summed E-state index contributed by atoms with van der Waals surface area (Å²) in [5.41, 5.74) is 7.29. The van der Waals surface area contributed by atoms with Crippen LogP contribution in [-0.4, -0.2) is 16.9 Å². The van der Waals surface area contributed by atoms with E-state index >= 15 is 0 Å². The number of hydrogen-bond acceptors (Lipinski definition) is 4. The Kier molecular flexibility index (Phi) is 5.12. The number of nitrogens with two attached hydrogens (primary N) is 1. The van der Waals surface area contributed by atoms with E-state index in [-0.39, 0.29) is 5.91 Å². The number of nitrogens with one attached hydrogen (secondary N) is 1.